The third-order valence-electron chi connectivity index (χ3n) is 1.97. The molecule has 19 heavy (non-hydrogen) atoms. The summed E-state index contributed by atoms with van der Waals surface area (Å²) in [6.45, 7) is 5.57. The summed E-state index contributed by atoms with van der Waals surface area (Å²) in [6.07, 6.45) is -0.868. The van der Waals surface area contributed by atoms with Crippen LogP contribution in [0.3, 0.4) is 0 Å². The molecule has 0 aromatic rings. The maximum absolute atomic E-state index is 9.18. The molecular weight excluding hydrogens is 256 g/mol. The minimum absolute atomic E-state index is 0.0289. The molecule has 116 valence electrons. The molecule has 0 fully saturated rings. The fourth-order valence-corrected chi connectivity index (χ4v) is 1.15. The Morgan fingerprint density at radius 1 is 0.789 bits per heavy atom. The van der Waals surface area contributed by atoms with Crippen molar-refractivity contribution in [1.82, 2.24) is 0 Å². The molecule has 2 N–H and O–H groups in total. The number of rotatable bonds is 15. The van der Waals surface area contributed by atoms with Gasteiger partial charge in [0.2, 0.25) is 0 Å². The number of aliphatic hydroxyl groups excluding tert-OH is 2. The molecule has 7 nitrogen and oxygen atoms in total. The average molecular weight is 282 g/mol. The lowest BCUT2D eigenvalue weighted by Crippen LogP contribution is -2.20. The predicted molar refractivity (Wildman–Crippen MR) is 68.0 cm³/mol. The molecule has 0 amide bonds. The molecule has 0 aromatic heterocycles. The third kappa shape index (κ3) is 15.7. The number of hydrogen-bond acceptors (Lipinski definition) is 7. The van der Waals surface area contributed by atoms with E-state index in [4.69, 9.17) is 28.8 Å². The first-order valence-corrected chi connectivity index (χ1v) is 6.52. The first-order chi connectivity index (χ1) is 9.31. The van der Waals surface area contributed by atoms with E-state index in [2.05, 4.69) is 0 Å². The van der Waals surface area contributed by atoms with Crippen LogP contribution in [0, 0.1) is 0 Å². The van der Waals surface area contributed by atoms with E-state index in [9.17, 15) is 5.11 Å². The molecule has 0 aliphatic carbocycles. The summed E-state index contributed by atoms with van der Waals surface area (Å²) in [5, 5.41) is 17.6. The second kappa shape index (κ2) is 15.8. The zero-order valence-corrected chi connectivity index (χ0v) is 11.6. The second-order valence-electron chi connectivity index (χ2n) is 3.55. The minimum atomic E-state index is -0.868. The molecule has 0 saturated carbocycles. The van der Waals surface area contributed by atoms with Crippen LogP contribution in [0.5, 0.6) is 0 Å². The van der Waals surface area contributed by atoms with Crippen LogP contribution in [0.25, 0.3) is 0 Å². The first kappa shape index (κ1) is 18.7. The molecule has 1 unspecified atom stereocenters. The molecule has 0 saturated heterocycles. The first-order valence-electron chi connectivity index (χ1n) is 6.52. The lowest BCUT2D eigenvalue weighted by Gasteiger charge is -2.11. The van der Waals surface area contributed by atoms with Crippen molar-refractivity contribution in [3.05, 3.63) is 0 Å². The van der Waals surface area contributed by atoms with Gasteiger partial charge in [-0.25, -0.2) is 0 Å². The summed E-state index contributed by atoms with van der Waals surface area (Å²) >= 11 is 0. The van der Waals surface area contributed by atoms with Gasteiger partial charge in [-0.15, -0.1) is 0 Å². The van der Waals surface area contributed by atoms with E-state index in [1.165, 1.54) is 0 Å². The van der Waals surface area contributed by atoms with E-state index in [0.717, 1.165) is 0 Å². The van der Waals surface area contributed by atoms with Gasteiger partial charge >= 0.3 is 0 Å². The SMILES string of the molecule is CCOC(O)COCCOCCOCCOCCO. The molecule has 0 rings (SSSR count). The van der Waals surface area contributed by atoms with Crippen molar-refractivity contribution in [2.75, 3.05) is 66.1 Å². The van der Waals surface area contributed by atoms with Crippen LogP contribution in [-0.2, 0) is 23.7 Å². The van der Waals surface area contributed by atoms with E-state index in [1.54, 1.807) is 6.92 Å². The van der Waals surface area contributed by atoms with Crippen molar-refractivity contribution >= 4 is 0 Å². The van der Waals surface area contributed by atoms with Gasteiger partial charge in [-0.1, -0.05) is 0 Å². The van der Waals surface area contributed by atoms with Crippen molar-refractivity contribution in [2.45, 2.75) is 13.2 Å². The monoisotopic (exact) mass is 282 g/mol. The molecular formula is C12H26O7. The lowest BCUT2D eigenvalue weighted by atomic mass is 10.6. The predicted octanol–water partition coefficient (Wildman–Crippen LogP) is -0.600. The highest BCUT2D eigenvalue weighted by Gasteiger charge is 2.01. The summed E-state index contributed by atoms with van der Waals surface area (Å²) in [6, 6.07) is 0. The summed E-state index contributed by atoms with van der Waals surface area (Å²) in [7, 11) is 0. The number of hydrogen-bond donors (Lipinski definition) is 2. The van der Waals surface area contributed by atoms with Crippen LogP contribution >= 0.6 is 0 Å². The Balaban J connectivity index is 2.99. The van der Waals surface area contributed by atoms with Gasteiger partial charge in [0, 0.05) is 6.61 Å². The maximum Gasteiger partial charge on any atom is 0.178 e. The molecule has 0 aliphatic rings. The number of aliphatic hydroxyl groups is 2. The third-order valence-corrected chi connectivity index (χ3v) is 1.97. The Hall–Kier alpha value is -0.280. The molecule has 7 heteroatoms. The molecule has 0 bridgehead atoms. The van der Waals surface area contributed by atoms with Crippen molar-refractivity contribution in [3.8, 4) is 0 Å². The summed E-state index contributed by atoms with van der Waals surface area (Å²) in [5.74, 6) is 0. The van der Waals surface area contributed by atoms with Gasteiger partial charge in [0.05, 0.1) is 59.5 Å². The Bertz CT molecular complexity index is 168. The maximum atomic E-state index is 9.18. The van der Waals surface area contributed by atoms with Crippen LogP contribution in [0.4, 0.5) is 0 Å². The van der Waals surface area contributed by atoms with E-state index in [-0.39, 0.29) is 13.2 Å². The Kier molecular flexibility index (Phi) is 15.5. The van der Waals surface area contributed by atoms with E-state index in [0.29, 0.717) is 52.9 Å². The number of ether oxygens (including phenoxy) is 5. The zero-order chi connectivity index (χ0) is 14.2. The van der Waals surface area contributed by atoms with Crippen molar-refractivity contribution in [1.29, 1.82) is 0 Å². The van der Waals surface area contributed by atoms with Gasteiger partial charge in [-0.05, 0) is 6.92 Å². The summed E-state index contributed by atoms with van der Waals surface area (Å²) in [5.41, 5.74) is 0. The van der Waals surface area contributed by atoms with Crippen LogP contribution in [0.2, 0.25) is 0 Å². The van der Waals surface area contributed by atoms with Gasteiger partial charge in [0.25, 0.3) is 0 Å². The normalized spacial score (nSPS) is 12.8. The standard InChI is InChI=1S/C12H26O7/c1-2-19-12(14)11-18-10-9-17-8-7-16-6-5-15-4-3-13/h12-14H,2-11H2,1H3. The zero-order valence-electron chi connectivity index (χ0n) is 11.6. The quantitative estimate of drug-likeness (QED) is 0.306. The molecule has 1 atom stereocenters. The molecule has 0 spiro atoms. The van der Waals surface area contributed by atoms with Gasteiger partial charge in [-0.2, -0.15) is 0 Å². The lowest BCUT2D eigenvalue weighted by molar-refractivity contribution is -0.138. The average Bonchev–Trinajstić information content (AvgIpc) is 2.40. The van der Waals surface area contributed by atoms with E-state index < -0.39 is 6.29 Å². The van der Waals surface area contributed by atoms with Crippen LogP contribution in [-0.4, -0.2) is 82.6 Å². The molecule has 0 heterocycles. The fourth-order valence-electron chi connectivity index (χ4n) is 1.15. The summed E-state index contributed by atoms with van der Waals surface area (Å²) in [4.78, 5) is 0. The van der Waals surface area contributed by atoms with Crippen LogP contribution in [0.1, 0.15) is 6.92 Å². The smallest absolute Gasteiger partial charge is 0.178 e. The van der Waals surface area contributed by atoms with Crippen LogP contribution < -0.4 is 0 Å². The van der Waals surface area contributed by atoms with Crippen molar-refractivity contribution < 1.29 is 33.9 Å². The fraction of sp³-hybridized carbons (Fsp3) is 1.00. The van der Waals surface area contributed by atoms with E-state index >= 15 is 0 Å². The molecule has 0 aliphatic heterocycles. The minimum Gasteiger partial charge on any atom is -0.394 e. The van der Waals surface area contributed by atoms with Gasteiger partial charge in [0.15, 0.2) is 6.29 Å². The van der Waals surface area contributed by atoms with Gasteiger partial charge in [-0.3, -0.25) is 0 Å². The van der Waals surface area contributed by atoms with Crippen molar-refractivity contribution in [3.63, 3.8) is 0 Å². The van der Waals surface area contributed by atoms with Gasteiger partial charge < -0.3 is 33.9 Å². The highest BCUT2D eigenvalue weighted by molar-refractivity contribution is 4.38. The molecule has 0 aromatic carbocycles. The van der Waals surface area contributed by atoms with Crippen LogP contribution in [0.15, 0.2) is 0 Å². The van der Waals surface area contributed by atoms with E-state index in [1.807, 2.05) is 0 Å². The Labute approximate surface area is 114 Å². The topological polar surface area (TPSA) is 86.6 Å². The largest absolute Gasteiger partial charge is 0.394 e. The van der Waals surface area contributed by atoms with Gasteiger partial charge in [0.1, 0.15) is 0 Å². The second-order valence-corrected chi connectivity index (χ2v) is 3.55. The molecule has 0 radical (unpaired) electrons. The highest BCUT2D eigenvalue weighted by Crippen LogP contribution is 1.88. The summed E-state index contributed by atoms with van der Waals surface area (Å²) < 4.78 is 25.5. The highest BCUT2D eigenvalue weighted by atomic mass is 16.6. The van der Waals surface area contributed by atoms with Crippen molar-refractivity contribution in [2.24, 2.45) is 0 Å². The Morgan fingerprint density at radius 3 is 1.74 bits per heavy atom. The Morgan fingerprint density at radius 2 is 1.26 bits per heavy atom.